The van der Waals surface area contributed by atoms with Crippen LogP contribution in [0.1, 0.15) is 28.6 Å². The van der Waals surface area contributed by atoms with Crippen molar-refractivity contribution < 1.29 is 9.32 Å². The summed E-state index contributed by atoms with van der Waals surface area (Å²) in [5, 5.41) is 3.89. The molecule has 2 N–H and O–H groups in total. The van der Waals surface area contributed by atoms with Crippen molar-refractivity contribution in [1.82, 2.24) is 10.1 Å². The molecule has 0 aliphatic rings. The van der Waals surface area contributed by atoms with E-state index in [0.717, 1.165) is 22.6 Å². The first-order valence-electron chi connectivity index (χ1n) is 6.48. The first-order chi connectivity index (χ1) is 9.50. The zero-order valence-corrected chi connectivity index (χ0v) is 13.2. The maximum absolute atomic E-state index is 12.3. The lowest BCUT2D eigenvalue weighted by Crippen LogP contribution is -2.35. The lowest BCUT2D eigenvalue weighted by atomic mass is 10.1. The van der Waals surface area contributed by atoms with Crippen LogP contribution in [0, 0.1) is 13.8 Å². The third-order valence-corrected chi connectivity index (χ3v) is 3.38. The van der Waals surface area contributed by atoms with E-state index in [0.29, 0.717) is 6.54 Å². The van der Waals surface area contributed by atoms with E-state index in [1.54, 1.807) is 11.9 Å². The Morgan fingerprint density at radius 3 is 2.48 bits per heavy atom. The molecular weight excluding hydrogens is 290 g/mol. The average molecular weight is 310 g/mol. The predicted molar refractivity (Wildman–Crippen MR) is 83.1 cm³/mol. The van der Waals surface area contributed by atoms with Gasteiger partial charge < -0.3 is 15.2 Å². The lowest BCUT2D eigenvalue weighted by Gasteiger charge is -2.21. The molecule has 2 aromatic rings. The maximum atomic E-state index is 12.3. The quantitative estimate of drug-likeness (QED) is 0.941. The van der Waals surface area contributed by atoms with Gasteiger partial charge in [0.15, 0.2) is 0 Å². The molecule has 0 aliphatic carbocycles. The molecule has 0 spiro atoms. The van der Waals surface area contributed by atoms with E-state index in [9.17, 15) is 4.79 Å². The van der Waals surface area contributed by atoms with Crippen LogP contribution in [-0.2, 0) is 11.3 Å². The van der Waals surface area contributed by atoms with Crippen LogP contribution in [0.2, 0.25) is 0 Å². The van der Waals surface area contributed by atoms with E-state index in [2.05, 4.69) is 5.16 Å². The Balaban J connectivity index is 0.00000220. The normalized spacial score (nSPS) is 11.6. The molecular formula is C15H20ClN3O2. The molecule has 1 aromatic heterocycles. The van der Waals surface area contributed by atoms with Crippen molar-refractivity contribution >= 4 is 18.3 Å². The van der Waals surface area contributed by atoms with Gasteiger partial charge in [0, 0.05) is 12.6 Å². The average Bonchev–Trinajstić information content (AvgIpc) is 2.78. The molecule has 1 aromatic carbocycles. The summed E-state index contributed by atoms with van der Waals surface area (Å²) >= 11 is 0. The molecule has 2 rings (SSSR count). The van der Waals surface area contributed by atoms with Gasteiger partial charge >= 0.3 is 0 Å². The van der Waals surface area contributed by atoms with Crippen LogP contribution in [0.5, 0.6) is 0 Å². The van der Waals surface area contributed by atoms with Gasteiger partial charge in [-0.1, -0.05) is 35.5 Å². The van der Waals surface area contributed by atoms with Crippen LogP contribution in [0.15, 0.2) is 34.9 Å². The molecule has 1 unspecified atom stereocenters. The minimum atomic E-state index is -0.651. The Morgan fingerprint density at radius 2 is 1.95 bits per heavy atom. The van der Waals surface area contributed by atoms with Crippen LogP contribution >= 0.6 is 12.4 Å². The second-order valence-electron chi connectivity index (χ2n) is 4.89. The summed E-state index contributed by atoms with van der Waals surface area (Å²) in [5.41, 5.74) is 8.56. The molecule has 1 amide bonds. The lowest BCUT2D eigenvalue weighted by molar-refractivity contribution is -0.132. The van der Waals surface area contributed by atoms with Gasteiger partial charge in [0.1, 0.15) is 11.8 Å². The fourth-order valence-electron chi connectivity index (χ4n) is 2.08. The first kappa shape index (κ1) is 17.2. The molecule has 0 fully saturated rings. The van der Waals surface area contributed by atoms with Crippen molar-refractivity contribution in [3.63, 3.8) is 0 Å². The molecule has 6 heteroatoms. The molecule has 0 saturated carbocycles. The molecule has 0 aliphatic heterocycles. The summed E-state index contributed by atoms with van der Waals surface area (Å²) in [6.07, 6.45) is 0. The maximum Gasteiger partial charge on any atom is 0.244 e. The molecule has 5 nitrogen and oxygen atoms in total. The van der Waals surface area contributed by atoms with Crippen molar-refractivity contribution in [1.29, 1.82) is 0 Å². The molecule has 0 saturated heterocycles. The van der Waals surface area contributed by atoms with Crippen LogP contribution < -0.4 is 5.73 Å². The van der Waals surface area contributed by atoms with Crippen molar-refractivity contribution in [2.75, 3.05) is 7.05 Å². The summed E-state index contributed by atoms with van der Waals surface area (Å²) in [4.78, 5) is 13.9. The largest absolute Gasteiger partial charge is 0.361 e. The highest BCUT2D eigenvalue weighted by Crippen LogP contribution is 2.17. The fraction of sp³-hybridized carbons (Fsp3) is 0.333. The number of halogens is 1. The summed E-state index contributed by atoms with van der Waals surface area (Å²) in [7, 11) is 1.73. The molecule has 1 atom stereocenters. The van der Waals surface area contributed by atoms with Crippen LogP contribution in [0.3, 0.4) is 0 Å². The monoisotopic (exact) mass is 309 g/mol. The number of hydrogen-bond donors (Lipinski definition) is 1. The molecule has 1 heterocycles. The zero-order valence-electron chi connectivity index (χ0n) is 12.4. The predicted octanol–water partition coefficient (Wildman–Crippen LogP) is 2.37. The first-order valence-corrected chi connectivity index (χ1v) is 6.48. The molecule has 0 radical (unpaired) electrons. The van der Waals surface area contributed by atoms with Gasteiger partial charge in [-0.25, -0.2) is 0 Å². The summed E-state index contributed by atoms with van der Waals surface area (Å²) in [6, 6.07) is 8.70. The van der Waals surface area contributed by atoms with Gasteiger partial charge in [-0.3, -0.25) is 4.79 Å². The van der Waals surface area contributed by atoms with Crippen molar-refractivity contribution in [2.45, 2.75) is 26.4 Å². The second kappa shape index (κ2) is 7.24. The summed E-state index contributed by atoms with van der Waals surface area (Å²) < 4.78 is 5.10. The number of aromatic nitrogens is 1. The van der Waals surface area contributed by atoms with Gasteiger partial charge in [-0.05, 0) is 19.4 Å². The molecule has 21 heavy (non-hydrogen) atoms. The van der Waals surface area contributed by atoms with E-state index in [1.165, 1.54) is 0 Å². The van der Waals surface area contributed by atoms with Crippen molar-refractivity contribution in [3.8, 4) is 0 Å². The number of aryl methyl sites for hydroxylation is 2. The second-order valence-corrected chi connectivity index (χ2v) is 4.89. The number of nitrogens with zero attached hydrogens (tertiary/aromatic N) is 2. The zero-order chi connectivity index (χ0) is 14.7. The van der Waals surface area contributed by atoms with E-state index in [1.807, 2.05) is 44.2 Å². The van der Waals surface area contributed by atoms with Crippen molar-refractivity contribution in [2.24, 2.45) is 5.73 Å². The number of amides is 1. The van der Waals surface area contributed by atoms with Crippen LogP contribution in [-0.4, -0.2) is 23.0 Å². The number of likely N-dealkylation sites (N-methyl/N-ethyl adjacent to an activating group) is 1. The van der Waals surface area contributed by atoms with E-state index in [-0.39, 0.29) is 18.3 Å². The van der Waals surface area contributed by atoms with Crippen LogP contribution in [0.4, 0.5) is 0 Å². The van der Waals surface area contributed by atoms with Gasteiger partial charge in [0.05, 0.1) is 12.2 Å². The minimum Gasteiger partial charge on any atom is -0.361 e. The van der Waals surface area contributed by atoms with E-state index in [4.69, 9.17) is 10.3 Å². The highest BCUT2D eigenvalue weighted by molar-refractivity contribution is 5.85. The van der Waals surface area contributed by atoms with Gasteiger partial charge in [-0.15, -0.1) is 12.4 Å². The number of benzene rings is 1. The Hall–Kier alpha value is -1.85. The third-order valence-electron chi connectivity index (χ3n) is 3.38. The summed E-state index contributed by atoms with van der Waals surface area (Å²) in [6.45, 7) is 4.15. The van der Waals surface area contributed by atoms with Crippen LogP contribution in [0.25, 0.3) is 0 Å². The minimum absolute atomic E-state index is 0. The van der Waals surface area contributed by atoms with E-state index >= 15 is 0 Å². The Morgan fingerprint density at radius 1 is 1.33 bits per heavy atom. The number of carbonyl (C=O) groups excluding carboxylic acids is 1. The van der Waals surface area contributed by atoms with Crippen molar-refractivity contribution in [3.05, 3.63) is 52.9 Å². The third kappa shape index (κ3) is 3.83. The van der Waals surface area contributed by atoms with Gasteiger partial charge in [0.25, 0.3) is 0 Å². The SMILES string of the molecule is Cc1noc(C)c1CN(C)C(=O)C(N)c1ccccc1.Cl. The van der Waals surface area contributed by atoms with Gasteiger partial charge in [0.2, 0.25) is 5.91 Å². The van der Waals surface area contributed by atoms with E-state index < -0.39 is 6.04 Å². The highest BCUT2D eigenvalue weighted by atomic mass is 35.5. The number of rotatable bonds is 4. The number of carbonyl (C=O) groups is 1. The fourth-order valence-corrected chi connectivity index (χ4v) is 2.08. The highest BCUT2D eigenvalue weighted by Gasteiger charge is 2.21. The summed E-state index contributed by atoms with van der Waals surface area (Å²) in [5.74, 6) is 0.603. The topological polar surface area (TPSA) is 72.4 Å². The molecule has 0 bridgehead atoms. The Kier molecular flexibility index (Phi) is 5.93. The number of nitrogens with two attached hydrogens (primary N) is 1. The number of hydrogen-bond acceptors (Lipinski definition) is 4. The molecule has 114 valence electrons. The Labute approximate surface area is 130 Å². The Bertz CT molecular complexity index is 579. The standard InChI is InChI=1S/C15H19N3O2.ClH/c1-10-13(11(2)20-17-10)9-18(3)15(19)14(16)12-7-5-4-6-8-12;/h4-8,14H,9,16H2,1-3H3;1H. The smallest absolute Gasteiger partial charge is 0.244 e. The van der Waals surface area contributed by atoms with Gasteiger partial charge in [-0.2, -0.15) is 0 Å².